The van der Waals surface area contributed by atoms with E-state index in [2.05, 4.69) is 43.3 Å². The van der Waals surface area contributed by atoms with Gasteiger partial charge in [-0.3, -0.25) is 9.30 Å². The van der Waals surface area contributed by atoms with E-state index in [1.807, 2.05) is 10.6 Å². The van der Waals surface area contributed by atoms with E-state index in [1.54, 1.807) is 12.5 Å². The zero-order chi connectivity index (χ0) is 16.1. The smallest absolute Gasteiger partial charge is 0.203 e. The third-order valence-corrected chi connectivity index (χ3v) is 4.95. The van der Waals surface area contributed by atoms with Crippen LogP contribution in [0.5, 0.6) is 0 Å². The molecule has 0 unspecified atom stereocenters. The molecule has 0 amide bonds. The van der Waals surface area contributed by atoms with Gasteiger partial charge in [-0.15, -0.1) is 10.2 Å². The standard InChI is InChI=1S/C16H19N7O/c1-21(7-12-6-14(24-20-12)11-2-3-11)13-8-23(9-13)15-16-19-18-10-22(16)5-4-17-15/h4-6,10-11,13H,2-3,7-9H2,1H3. The summed E-state index contributed by atoms with van der Waals surface area (Å²) in [6, 6.07) is 2.60. The van der Waals surface area contributed by atoms with Gasteiger partial charge in [-0.1, -0.05) is 5.16 Å². The summed E-state index contributed by atoms with van der Waals surface area (Å²) in [5.41, 5.74) is 1.83. The van der Waals surface area contributed by atoms with Crippen molar-refractivity contribution in [3.05, 3.63) is 36.2 Å². The van der Waals surface area contributed by atoms with Crippen molar-refractivity contribution >= 4 is 11.5 Å². The zero-order valence-corrected chi connectivity index (χ0v) is 13.5. The largest absolute Gasteiger partial charge is 0.361 e. The Bertz CT molecular complexity index is 862. The lowest BCUT2D eigenvalue weighted by Crippen LogP contribution is -2.58. The third kappa shape index (κ3) is 2.34. The Labute approximate surface area is 139 Å². The fourth-order valence-corrected chi connectivity index (χ4v) is 3.22. The van der Waals surface area contributed by atoms with Crippen LogP contribution in [0.4, 0.5) is 5.82 Å². The molecule has 1 saturated carbocycles. The summed E-state index contributed by atoms with van der Waals surface area (Å²) < 4.78 is 7.33. The molecule has 0 atom stereocenters. The first-order chi connectivity index (χ1) is 11.8. The SMILES string of the molecule is CN(Cc1cc(C2CC2)on1)C1CN(c2nccn3cnnc23)C1. The van der Waals surface area contributed by atoms with E-state index in [0.717, 1.165) is 42.6 Å². The molecule has 0 radical (unpaired) electrons. The number of fused-ring (bicyclic) bond motifs is 1. The molecular formula is C16H19N7O. The summed E-state index contributed by atoms with van der Waals surface area (Å²) in [6.07, 6.45) is 7.83. The number of likely N-dealkylation sites (N-methyl/N-ethyl adjacent to an activating group) is 1. The Morgan fingerprint density at radius 3 is 3.04 bits per heavy atom. The highest BCUT2D eigenvalue weighted by atomic mass is 16.5. The van der Waals surface area contributed by atoms with Gasteiger partial charge < -0.3 is 9.42 Å². The van der Waals surface area contributed by atoms with Crippen molar-refractivity contribution in [2.45, 2.75) is 31.3 Å². The molecule has 4 heterocycles. The van der Waals surface area contributed by atoms with Crippen LogP contribution in [0.25, 0.3) is 5.65 Å². The second-order valence-corrected chi connectivity index (χ2v) is 6.78. The average molecular weight is 325 g/mol. The molecule has 0 aromatic carbocycles. The van der Waals surface area contributed by atoms with Crippen LogP contribution in [-0.4, -0.2) is 55.8 Å². The van der Waals surface area contributed by atoms with Crippen LogP contribution < -0.4 is 4.90 Å². The van der Waals surface area contributed by atoms with Crippen molar-refractivity contribution < 1.29 is 4.52 Å². The van der Waals surface area contributed by atoms with Crippen LogP contribution in [0.2, 0.25) is 0 Å². The van der Waals surface area contributed by atoms with Crippen molar-refractivity contribution in [1.29, 1.82) is 0 Å². The maximum Gasteiger partial charge on any atom is 0.203 e. The van der Waals surface area contributed by atoms with Crippen molar-refractivity contribution in [3.63, 3.8) is 0 Å². The highest BCUT2D eigenvalue weighted by molar-refractivity contribution is 5.64. The lowest BCUT2D eigenvalue weighted by Gasteiger charge is -2.44. The Morgan fingerprint density at radius 2 is 2.21 bits per heavy atom. The molecule has 0 spiro atoms. The summed E-state index contributed by atoms with van der Waals surface area (Å²) in [5, 5.41) is 12.3. The maximum absolute atomic E-state index is 5.44. The molecule has 3 aromatic rings. The summed E-state index contributed by atoms with van der Waals surface area (Å²) in [6.45, 7) is 2.68. The molecule has 8 heteroatoms. The van der Waals surface area contributed by atoms with E-state index < -0.39 is 0 Å². The summed E-state index contributed by atoms with van der Waals surface area (Å²) >= 11 is 0. The fourth-order valence-electron chi connectivity index (χ4n) is 3.22. The number of rotatable bonds is 5. The molecule has 0 bridgehead atoms. The first-order valence-electron chi connectivity index (χ1n) is 8.33. The molecule has 24 heavy (non-hydrogen) atoms. The van der Waals surface area contributed by atoms with Crippen LogP contribution in [-0.2, 0) is 6.54 Å². The third-order valence-electron chi connectivity index (χ3n) is 4.95. The highest BCUT2D eigenvalue weighted by Crippen LogP contribution is 2.40. The van der Waals surface area contributed by atoms with Gasteiger partial charge in [0.2, 0.25) is 5.65 Å². The number of hydrogen-bond donors (Lipinski definition) is 0. The van der Waals surface area contributed by atoms with E-state index >= 15 is 0 Å². The molecule has 5 rings (SSSR count). The first kappa shape index (κ1) is 13.9. The van der Waals surface area contributed by atoms with E-state index in [-0.39, 0.29) is 0 Å². The predicted octanol–water partition coefficient (Wildman–Crippen LogP) is 1.31. The second kappa shape index (κ2) is 5.27. The van der Waals surface area contributed by atoms with Gasteiger partial charge in [0.15, 0.2) is 5.82 Å². The molecule has 2 aliphatic rings. The molecule has 1 saturated heterocycles. The average Bonchev–Trinajstić information content (AvgIpc) is 3.08. The van der Waals surface area contributed by atoms with Gasteiger partial charge in [0.25, 0.3) is 0 Å². The Balaban J connectivity index is 1.23. The van der Waals surface area contributed by atoms with Crippen molar-refractivity contribution in [1.82, 2.24) is 29.6 Å². The highest BCUT2D eigenvalue weighted by Gasteiger charge is 2.33. The van der Waals surface area contributed by atoms with Crippen molar-refractivity contribution in [3.8, 4) is 0 Å². The van der Waals surface area contributed by atoms with Gasteiger partial charge in [0.05, 0.1) is 5.69 Å². The van der Waals surface area contributed by atoms with Crippen LogP contribution >= 0.6 is 0 Å². The number of anilines is 1. The van der Waals surface area contributed by atoms with Gasteiger partial charge >= 0.3 is 0 Å². The van der Waals surface area contributed by atoms with Crippen molar-refractivity contribution in [2.75, 3.05) is 25.0 Å². The number of aromatic nitrogens is 5. The van der Waals surface area contributed by atoms with Gasteiger partial charge in [0.1, 0.15) is 12.1 Å². The van der Waals surface area contributed by atoms with Crippen LogP contribution in [0.3, 0.4) is 0 Å². The van der Waals surface area contributed by atoms with Crippen molar-refractivity contribution in [2.24, 2.45) is 0 Å². The Morgan fingerprint density at radius 1 is 1.33 bits per heavy atom. The molecule has 1 aliphatic heterocycles. The molecule has 2 fully saturated rings. The predicted molar refractivity (Wildman–Crippen MR) is 86.7 cm³/mol. The van der Waals surface area contributed by atoms with Gasteiger partial charge in [0, 0.05) is 50.1 Å². The van der Waals surface area contributed by atoms with Gasteiger partial charge in [-0.25, -0.2) is 4.98 Å². The molecule has 124 valence electrons. The van der Waals surface area contributed by atoms with Gasteiger partial charge in [-0.05, 0) is 19.9 Å². The minimum absolute atomic E-state index is 0.482. The summed E-state index contributed by atoms with van der Waals surface area (Å²) in [4.78, 5) is 9.03. The van der Waals surface area contributed by atoms with Gasteiger partial charge in [-0.2, -0.15) is 0 Å². The first-order valence-corrected chi connectivity index (χ1v) is 8.33. The maximum atomic E-state index is 5.44. The number of nitrogens with zero attached hydrogens (tertiary/aromatic N) is 7. The molecule has 1 aliphatic carbocycles. The number of hydrogen-bond acceptors (Lipinski definition) is 7. The molecule has 0 N–H and O–H groups in total. The minimum Gasteiger partial charge on any atom is -0.361 e. The second-order valence-electron chi connectivity index (χ2n) is 6.78. The Hall–Kier alpha value is -2.48. The summed E-state index contributed by atoms with van der Waals surface area (Å²) in [5.74, 6) is 2.57. The van der Waals surface area contributed by atoms with E-state index in [1.165, 1.54) is 12.8 Å². The molecular weight excluding hydrogens is 306 g/mol. The van der Waals surface area contributed by atoms with Crippen LogP contribution in [0, 0.1) is 0 Å². The minimum atomic E-state index is 0.482. The van der Waals surface area contributed by atoms with E-state index in [0.29, 0.717) is 12.0 Å². The lowest BCUT2D eigenvalue weighted by atomic mass is 10.1. The fraction of sp³-hybridized carbons (Fsp3) is 0.500. The van der Waals surface area contributed by atoms with Crippen LogP contribution in [0.15, 0.2) is 29.3 Å². The normalized spacial score (nSPS) is 18.5. The zero-order valence-electron chi connectivity index (χ0n) is 13.5. The molecule has 3 aromatic heterocycles. The molecule has 8 nitrogen and oxygen atoms in total. The summed E-state index contributed by atoms with van der Waals surface area (Å²) in [7, 11) is 2.14. The monoisotopic (exact) mass is 325 g/mol. The topological polar surface area (TPSA) is 75.6 Å². The van der Waals surface area contributed by atoms with E-state index in [4.69, 9.17) is 4.52 Å². The Kier molecular flexibility index (Phi) is 3.05. The van der Waals surface area contributed by atoms with Crippen LogP contribution in [0.1, 0.15) is 30.2 Å². The van der Waals surface area contributed by atoms with E-state index in [9.17, 15) is 0 Å². The lowest BCUT2D eigenvalue weighted by molar-refractivity contribution is 0.192. The quantitative estimate of drug-likeness (QED) is 0.700.